The van der Waals surface area contributed by atoms with E-state index < -0.39 is 18.0 Å². The van der Waals surface area contributed by atoms with Crippen molar-refractivity contribution in [3.05, 3.63) is 96.7 Å². The van der Waals surface area contributed by atoms with Crippen molar-refractivity contribution >= 4 is 29.4 Å². The Morgan fingerprint density at radius 1 is 1.12 bits per heavy atom. The first-order valence-electron chi connectivity index (χ1n) is 10.4. The Balaban J connectivity index is 1.94. The lowest BCUT2D eigenvalue weighted by atomic mass is 9.96. The molecule has 0 saturated carbocycles. The van der Waals surface area contributed by atoms with E-state index in [0.717, 1.165) is 5.56 Å². The van der Waals surface area contributed by atoms with Gasteiger partial charge in [0.2, 0.25) is 0 Å². The van der Waals surface area contributed by atoms with Gasteiger partial charge < -0.3 is 9.47 Å². The Morgan fingerprint density at radius 3 is 2.52 bits per heavy atom. The van der Waals surface area contributed by atoms with Crippen LogP contribution in [0.2, 0.25) is 0 Å². The minimum atomic E-state index is -0.660. The predicted octanol–water partition coefficient (Wildman–Crippen LogP) is 2.72. The van der Waals surface area contributed by atoms with Gasteiger partial charge in [-0.05, 0) is 31.6 Å². The molecule has 0 saturated heterocycles. The van der Waals surface area contributed by atoms with Crippen molar-refractivity contribution < 1.29 is 19.1 Å². The first-order valence-corrected chi connectivity index (χ1v) is 11.2. The number of allylic oxidation sites excluding steroid dienone is 1. The van der Waals surface area contributed by atoms with E-state index in [9.17, 15) is 14.4 Å². The molecule has 1 aliphatic rings. The number of rotatable bonds is 5. The predicted molar refractivity (Wildman–Crippen MR) is 125 cm³/mol. The third-order valence-corrected chi connectivity index (χ3v) is 6.07. The summed E-state index contributed by atoms with van der Waals surface area (Å²) >= 11 is 1.22. The Hall–Kier alpha value is -3.78. The van der Waals surface area contributed by atoms with E-state index in [2.05, 4.69) is 4.99 Å². The van der Waals surface area contributed by atoms with Gasteiger partial charge in [-0.25, -0.2) is 9.79 Å². The number of thiazole rings is 1. The van der Waals surface area contributed by atoms with Gasteiger partial charge in [-0.3, -0.25) is 14.2 Å². The number of benzene rings is 2. The fourth-order valence-electron chi connectivity index (χ4n) is 3.73. The van der Waals surface area contributed by atoms with Crippen LogP contribution in [0.3, 0.4) is 0 Å². The number of hydrogen-bond acceptors (Lipinski definition) is 7. The van der Waals surface area contributed by atoms with Gasteiger partial charge in [-0.15, -0.1) is 0 Å². The van der Waals surface area contributed by atoms with Crippen LogP contribution in [0.15, 0.2) is 75.7 Å². The van der Waals surface area contributed by atoms with E-state index in [4.69, 9.17) is 9.47 Å². The van der Waals surface area contributed by atoms with Gasteiger partial charge in [0.1, 0.15) is 5.75 Å². The molecule has 0 spiro atoms. The van der Waals surface area contributed by atoms with Crippen molar-refractivity contribution in [2.45, 2.75) is 26.8 Å². The van der Waals surface area contributed by atoms with Crippen LogP contribution in [-0.2, 0) is 14.3 Å². The molecule has 0 amide bonds. The number of para-hydroxylation sites is 1. The fourth-order valence-corrected chi connectivity index (χ4v) is 4.77. The van der Waals surface area contributed by atoms with Gasteiger partial charge in [-0.1, -0.05) is 59.9 Å². The summed E-state index contributed by atoms with van der Waals surface area (Å²) in [7, 11) is 0. The minimum Gasteiger partial charge on any atom is -0.463 e. The largest absolute Gasteiger partial charge is 0.463 e. The second-order valence-corrected chi connectivity index (χ2v) is 8.35. The minimum absolute atomic E-state index is 0.217. The van der Waals surface area contributed by atoms with Gasteiger partial charge in [0, 0.05) is 12.5 Å². The smallest absolute Gasteiger partial charge is 0.338 e. The molecule has 8 heteroatoms. The molecule has 0 radical (unpaired) electrons. The molecule has 3 aromatic rings. The molecule has 1 unspecified atom stereocenters. The van der Waals surface area contributed by atoms with Gasteiger partial charge in [0.25, 0.3) is 5.56 Å². The Morgan fingerprint density at radius 2 is 1.82 bits per heavy atom. The molecule has 2 aromatic carbocycles. The molecule has 0 fully saturated rings. The number of nitrogens with zero attached hydrogens (tertiary/aromatic N) is 2. The highest BCUT2D eigenvalue weighted by Crippen LogP contribution is 2.30. The van der Waals surface area contributed by atoms with Crippen molar-refractivity contribution in [3.8, 4) is 5.75 Å². The number of aromatic nitrogens is 1. The van der Waals surface area contributed by atoms with Crippen LogP contribution in [0.5, 0.6) is 5.75 Å². The zero-order valence-corrected chi connectivity index (χ0v) is 19.2. The van der Waals surface area contributed by atoms with Crippen LogP contribution in [0.25, 0.3) is 6.08 Å². The summed E-state index contributed by atoms with van der Waals surface area (Å²) in [5.41, 5.74) is 1.93. The van der Waals surface area contributed by atoms with Gasteiger partial charge >= 0.3 is 11.9 Å². The van der Waals surface area contributed by atoms with E-state index in [1.807, 2.05) is 30.3 Å². The highest BCUT2D eigenvalue weighted by Gasteiger charge is 2.33. The zero-order valence-electron chi connectivity index (χ0n) is 18.4. The first-order chi connectivity index (χ1) is 15.9. The van der Waals surface area contributed by atoms with Gasteiger partial charge in [-0.2, -0.15) is 0 Å². The van der Waals surface area contributed by atoms with Crippen molar-refractivity contribution in [1.82, 2.24) is 4.57 Å². The molecular formula is C25H22N2O5S. The molecule has 33 heavy (non-hydrogen) atoms. The molecule has 1 atom stereocenters. The monoisotopic (exact) mass is 462 g/mol. The number of fused-ring (bicyclic) bond motifs is 1. The van der Waals surface area contributed by atoms with Crippen molar-refractivity contribution in [1.29, 1.82) is 0 Å². The van der Waals surface area contributed by atoms with Gasteiger partial charge in [0.15, 0.2) is 4.80 Å². The normalized spacial score (nSPS) is 15.6. The molecule has 1 aliphatic heterocycles. The number of esters is 2. The molecule has 2 heterocycles. The number of hydrogen-bond donors (Lipinski definition) is 0. The van der Waals surface area contributed by atoms with Crippen LogP contribution in [0.1, 0.15) is 37.9 Å². The average Bonchev–Trinajstić information content (AvgIpc) is 3.09. The van der Waals surface area contributed by atoms with Gasteiger partial charge in [0.05, 0.1) is 28.5 Å². The maximum Gasteiger partial charge on any atom is 0.338 e. The van der Waals surface area contributed by atoms with Crippen LogP contribution >= 0.6 is 11.3 Å². The van der Waals surface area contributed by atoms with E-state index in [-0.39, 0.29) is 12.2 Å². The number of carbonyl (C=O) groups is 2. The van der Waals surface area contributed by atoms with E-state index in [0.29, 0.717) is 31.9 Å². The summed E-state index contributed by atoms with van der Waals surface area (Å²) < 4.78 is 12.5. The van der Waals surface area contributed by atoms with Crippen LogP contribution in [0.4, 0.5) is 0 Å². The zero-order chi connectivity index (χ0) is 23.5. The molecule has 0 N–H and O–H groups in total. The summed E-state index contributed by atoms with van der Waals surface area (Å²) in [5.74, 6) is -0.586. The highest BCUT2D eigenvalue weighted by molar-refractivity contribution is 7.07. The highest BCUT2D eigenvalue weighted by atomic mass is 32.1. The molecule has 168 valence electrons. The third kappa shape index (κ3) is 4.42. The molecule has 4 rings (SSSR count). The molecule has 0 aliphatic carbocycles. The van der Waals surface area contributed by atoms with Crippen LogP contribution in [0, 0.1) is 0 Å². The molecular weight excluding hydrogens is 440 g/mol. The summed E-state index contributed by atoms with van der Waals surface area (Å²) in [5, 5.41) is 0. The number of carbonyl (C=O) groups excluding carboxylic acids is 2. The summed E-state index contributed by atoms with van der Waals surface area (Å²) in [4.78, 5) is 42.9. The molecule has 0 bridgehead atoms. The SMILES string of the molecule is CCOC(=O)C1=C(C)N=c2s/c(=C\c3ccccc3OC(C)=O)c(=O)n2C1c1ccccc1. The van der Waals surface area contributed by atoms with E-state index >= 15 is 0 Å². The first kappa shape index (κ1) is 22.4. The summed E-state index contributed by atoms with van der Waals surface area (Å²) in [6.07, 6.45) is 1.67. The lowest BCUT2D eigenvalue weighted by Crippen LogP contribution is -2.39. The fraction of sp³-hybridized carbons (Fsp3) is 0.200. The third-order valence-electron chi connectivity index (χ3n) is 5.09. The Kier molecular flexibility index (Phi) is 6.37. The Labute approximate surface area is 193 Å². The average molecular weight is 463 g/mol. The lowest BCUT2D eigenvalue weighted by molar-refractivity contribution is -0.139. The lowest BCUT2D eigenvalue weighted by Gasteiger charge is -2.24. The quantitative estimate of drug-likeness (QED) is 0.430. The van der Waals surface area contributed by atoms with Crippen LogP contribution < -0.4 is 19.6 Å². The maximum atomic E-state index is 13.6. The van der Waals surface area contributed by atoms with Crippen LogP contribution in [-0.4, -0.2) is 23.1 Å². The van der Waals surface area contributed by atoms with Crippen molar-refractivity contribution in [3.63, 3.8) is 0 Å². The van der Waals surface area contributed by atoms with Crippen molar-refractivity contribution in [2.75, 3.05) is 6.61 Å². The Bertz CT molecular complexity index is 1430. The summed E-state index contributed by atoms with van der Waals surface area (Å²) in [6.45, 7) is 5.02. The molecule has 1 aromatic heterocycles. The summed E-state index contributed by atoms with van der Waals surface area (Å²) in [6, 6.07) is 15.7. The second-order valence-electron chi connectivity index (χ2n) is 7.34. The second kappa shape index (κ2) is 9.38. The standard InChI is InChI=1S/C25H22N2O5S/c1-4-31-24(30)21-15(2)26-25-27(22(21)17-10-6-5-7-11-17)23(29)20(33-25)14-18-12-8-9-13-19(18)32-16(3)28/h5-14,22H,4H2,1-3H3/b20-14-. The molecule has 7 nitrogen and oxygen atoms in total. The van der Waals surface area contributed by atoms with E-state index in [1.165, 1.54) is 22.8 Å². The van der Waals surface area contributed by atoms with E-state index in [1.54, 1.807) is 44.2 Å². The maximum absolute atomic E-state index is 13.6. The van der Waals surface area contributed by atoms with Crippen molar-refractivity contribution in [2.24, 2.45) is 4.99 Å². The topological polar surface area (TPSA) is 87.0 Å². The number of ether oxygens (including phenoxy) is 2.